The monoisotopic (exact) mass is 341 g/mol. The Hall–Kier alpha value is -2.86. The second-order valence-electron chi connectivity index (χ2n) is 5.60. The number of ether oxygens (including phenoxy) is 2. The molecule has 0 aliphatic heterocycles. The van der Waals surface area contributed by atoms with Gasteiger partial charge in [0.2, 0.25) is 0 Å². The normalized spacial score (nSPS) is 10.9. The highest BCUT2D eigenvalue weighted by Gasteiger charge is 2.15. The SMILES string of the molecule is COCCNC(=O)COC(=O)Cc1coc2ccc3ccccc3c12. The van der Waals surface area contributed by atoms with Gasteiger partial charge in [-0.05, 0) is 16.8 Å². The zero-order valence-electron chi connectivity index (χ0n) is 13.9. The molecule has 0 saturated heterocycles. The Morgan fingerprint density at radius 3 is 2.84 bits per heavy atom. The molecule has 6 nitrogen and oxygen atoms in total. The molecule has 25 heavy (non-hydrogen) atoms. The second kappa shape index (κ2) is 7.81. The first-order valence-electron chi connectivity index (χ1n) is 7.98. The molecule has 3 aromatic rings. The van der Waals surface area contributed by atoms with E-state index in [2.05, 4.69) is 5.32 Å². The molecule has 2 aromatic carbocycles. The number of fused-ring (bicyclic) bond motifs is 3. The lowest BCUT2D eigenvalue weighted by molar-refractivity contribution is -0.147. The number of hydrogen-bond acceptors (Lipinski definition) is 5. The largest absolute Gasteiger partial charge is 0.464 e. The van der Waals surface area contributed by atoms with E-state index in [0.29, 0.717) is 13.2 Å². The number of furan rings is 1. The molecule has 0 radical (unpaired) electrons. The van der Waals surface area contributed by atoms with Crippen LogP contribution in [0.15, 0.2) is 47.1 Å². The van der Waals surface area contributed by atoms with Gasteiger partial charge in [0, 0.05) is 24.6 Å². The van der Waals surface area contributed by atoms with Crippen molar-refractivity contribution in [3.63, 3.8) is 0 Å². The number of carbonyl (C=O) groups excluding carboxylic acids is 2. The van der Waals surface area contributed by atoms with Crippen molar-refractivity contribution in [3.8, 4) is 0 Å². The molecule has 0 bridgehead atoms. The van der Waals surface area contributed by atoms with Crippen molar-refractivity contribution in [3.05, 3.63) is 48.2 Å². The lowest BCUT2D eigenvalue weighted by Crippen LogP contribution is -2.31. The highest BCUT2D eigenvalue weighted by molar-refractivity contribution is 6.08. The Labute approximate surface area is 144 Å². The fourth-order valence-corrected chi connectivity index (χ4v) is 2.70. The minimum absolute atomic E-state index is 0.0480. The van der Waals surface area contributed by atoms with Gasteiger partial charge in [-0.1, -0.05) is 30.3 Å². The Bertz CT molecular complexity index is 899. The molecule has 0 fully saturated rings. The summed E-state index contributed by atoms with van der Waals surface area (Å²) in [6.07, 6.45) is 1.61. The molecular weight excluding hydrogens is 322 g/mol. The maximum atomic E-state index is 12.1. The second-order valence-corrected chi connectivity index (χ2v) is 5.60. The molecule has 3 rings (SSSR count). The number of esters is 1. The van der Waals surface area contributed by atoms with Gasteiger partial charge in [-0.2, -0.15) is 0 Å². The standard InChI is InChI=1S/C19H19NO5/c1-23-9-8-20-17(21)12-25-18(22)10-14-11-24-16-7-6-13-4-2-3-5-15(13)19(14)16/h2-7,11H,8-10,12H2,1H3,(H,20,21). The van der Waals surface area contributed by atoms with Crippen LogP contribution in [0.2, 0.25) is 0 Å². The van der Waals surface area contributed by atoms with Crippen LogP contribution in [0.3, 0.4) is 0 Å². The molecular formula is C19H19NO5. The van der Waals surface area contributed by atoms with Crippen LogP contribution in [0, 0.1) is 0 Å². The van der Waals surface area contributed by atoms with E-state index in [1.807, 2.05) is 36.4 Å². The number of amides is 1. The maximum absolute atomic E-state index is 12.1. The Balaban J connectivity index is 1.67. The summed E-state index contributed by atoms with van der Waals surface area (Å²) < 4.78 is 15.4. The summed E-state index contributed by atoms with van der Waals surface area (Å²) in [5, 5.41) is 5.59. The third-order valence-electron chi connectivity index (χ3n) is 3.87. The Morgan fingerprint density at radius 1 is 1.16 bits per heavy atom. The number of carbonyl (C=O) groups is 2. The lowest BCUT2D eigenvalue weighted by Gasteiger charge is -2.06. The minimum atomic E-state index is -0.475. The van der Waals surface area contributed by atoms with Crippen molar-refractivity contribution in [2.45, 2.75) is 6.42 Å². The average Bonchev–Trinajstić information content (AvgIpc) is 3.03. The maximum Gasteiger partial charge on any atom is 0.310 e. The molecule has 0 spiro atoms. The first kappa shape index (κ1) is 17.0. The van der Waals surface area contributed by atoms with Gasteiger partial charge in [0.1, 0.15) is 5.58 Å². The molecule has 0 unspecified atom stereocenters. The average molecular weight is 341 g/mol. The number of nitrogens with one attached hydrogen (secondary N) is 1. The van der Waals surface area contributed by atoms with Crippen molar-refractivity contribution >= 4 is 33.6 Å². The lowest BCUT2D eigenvalue weighted by atomic mass is 10.0. The van der Waals surface area contributed by atoms with Crippen LogP contribution in [-0.4, -0.2) is 38.7 Å². The highest BCUT2D eigenvalue weighted by atomic mass is 16.5. The van der Waals surface area contributed by atoms with E-state index in [-0.39, 0.29) is 18.9 Å². The zero-order chi connectivity index (χ0) is 17.6. The first-order valence-corrected chi connectivity index (χ1v) is 7.98. The summed E-state index contributed by atoms with van der Waals surface area (Å²) in [4.78, 5) is 23.6. The van der Waals surface area contributed by atoms with Gasteiger partial charge in [-0.3, -0.25) is 9.59 Å². The van der Waals surface area contributed by atoms with E-state index in [4.69, 9.17) is 13.9 Å². The fourth-order valence-electron chi connectivity index (χ4n) is 2.70. The van der Waals surface area contributed by atoms with Gasteiger partial charge in [0.25, 0.3) is 5.91 Å². The highest BCUT2D eigenvalue weighted by Crippen LogP contribution is 2.30. The van der Waals surface area contributed by atoms with Crippen molar-refractivity contribution in [2.75, 3.05) is 26.9 Å². The van der Waals surface area contributed by atoms with E-state index in [9.17, 15) is 9.59 Å². The smallest absolute Gasteiger partial charge is 0.310 e. The van der Waals surface area contributed by atoms with Gasteiger partial charge in [-0.15, -0.1) is 0 Å². The van der Waals surface area contributed by atoms with Crippen molar-refractivity contribution in [1.82, 2.24) is 5.32 Å². The predicted octanol–water partition coefficient (Wildman–Crippen LogP) is 2.43. The van der Waals surface area contributed by atoms with E-state index < -0.39 is 5.97 Å². The van der Waals surface area contributed by atoms with Crippen LogP contribution >= 0.6 is 0 Å². The molecule has 1 N–H and O–H groups in total. The summed E-state index contributed by atoms with van der Waals surface area (Å²) in [6.45, 7) is 0.484. The van der Waals surface area contributed by atoms with Crippen molar-refractivity contribution in [1.29, 1.82) is 0 Å². The molecule has 1 aromatic heterocycles. The number of methoxy groups -OCH3 is 1. The molecule has 130 valence electrons. The molecule has 0 aliphatic carbocycles. The summed E-state index contributed by atoms with van der Waals surface area (Å²) in [7, 11) is 1.55. The zero-order valence-corrected chi connectivity index (χ0v) is 13.9. The minimum Gasteiger partial charge on any atom is -0.464 e. The van der Waals surface area contributed by atoms with Crippen LogP contribution in [-0.2, 0) is 25.5 Å². The molecule has 0 atom stereocenters. The number of benzene rings is 2. The topological polar surface area (TPSA) is 77.8 Å². The summed E-state index contributed by atoms with van der Waals surface area (Å²) in [5.74, 6) is -0.828. The quantitative estimate of drug-likeness (QED) is 0.527. The van der Waals surface area contributed by atoms with Crippen LogP contribution in [0.4, 0.5) is 0 Å². The summed E-state index contributed by atoms with van der Waals surface area (Å²) in [6, 6.07) is 11.8. The van der Waals surface area contributed by atoms with E-state index in [1.54, 1.807) is 13.4 Å². The number of hydrogen-bond donors (Lipinski definition) is 1. The van der Waals surface area contributed by atoms with Crippen LogP contribution in [0.25, 0.3) is 21.7 Å². The van der Waals surface area contributed by atoms with Gasteiger partial charge < -0.3 is 19.2 Å². The third kappa shape index (κ3) is 3.97. The molecule has 1 amide bonds. The Morgan fingerprint density at radius 2 is 2.00 bits per heavy atom. The Kier molecular flexibility index (Phi) is 5.30. The third-order valence-corrected chi connectivity index (χ3v) is 3.87. The van der Waals surface area contributed by atoms with Crippen LogP contribution < -0.4 is 5.32 Å². The van der Waals surface area contributed by atoms with Crippen LogP contribution in [0.1, 0.15) is 5.56 Å². The molecule has 1 heterocycles. The summed E-state index contributed by atoms with van der Waals surface area (Å²) in [5.41, 5.74) is 1.47. The molecule has 0 aliphatic rings. The van der Waals surface area contributed by atoms with Crippen molar-refractivity contribution < 1.29 is 23.5 Å². The van der Waals surface area contributed by atoms with E-state index >= 15 is 0 Å². The molecule has 0 saturated carbocycles. The van der Waals surface area contributed by atoms with Gasteiger partial charge in [0.15, 0.2) is 6.61 Å². The molecule has 6 heteroatoms. The van der Waals surface area contributed by atoms with E-state index in [1.165, 1.54) is 0 Å². The number of rotatable bonds is 7. The first-order chi connectivity index (χ1) is 12.2. The van der Waals surface area contributed by atoms with Crippen molar-refractivity contribution in [2.24, 2.45) is 0 Å². The summed E-state index contributed by atoms with van der Waals surface area (Å²) >= 11 is 0. The predicted molar refractivity (Wildman–Crippen MR) is 93.3 cm³/mol. The van der Waals surface area contributed by atoms with Gasteiger partial charge in [-0.25, -0.2) is 0 Å². The van der Waals surface area contributed by atoms with Gasteiger partial charge >= 0.3 is 5.97 Å². The van der Waals surface area contributed by atoms with Crippen LogP contribution in [0.5, 0.6) is 0 Å². The fraction of sp³-hybridized carbons (Fsp3) is 0.263. The van der Waals surface area contributed by atoms with E-state index in [0.717, 1.165) is 27.3 Å². The van der Waals surface area contributed by atoms with Gasteiger partial charge in [0.05, 0.1) is 19.3 Å².